The summed E-state index contributed by atoms with van der Waals surface area (Å²) in [5.41, 5.74) is 2.56. The number of hydrogen-bond donors (Lipinski definition) is 1. The fourth-order valence-electron chi connectivity index (χ4n) is 2.51. The van der Waals surface area contributed by atoms with Crippen molar-refractivity contribution in [3.05, 3.63) is 82.6 Å². The molecule has 0 saturated carbocycles. The molecule has 0 aliphatic rings. The van der Waals surface area contributed by atoms with E-state index < -0.39 is 0 Å². The molecule has 1 heterocycles. The predicted molar refractivity (Wildman–Crippen MR) is 104 cm³/mol. The molecule has 0 saturated heterocycles. The summed E-state index contributed by atoms with van der Waals surface area (Å²) in [7, 11) is 0. The van der Waals surface area contributed by atoms with Crippen LogP contribution in [0.2, 0.25) is 0 Å². The highest BCUT2D eigenvalue weighted by Gasteiger charge is 2.05. The predicted octanol–water partition coefficient (Wildman–Crippen LogP) is 2.41. The highest BCUT2D eigenvalue weighted by Crippen LogP contribution is 2.14. The molecule has 1 amide bonds. The van der Waals surface area contributed by atoms with E-state index >= 15 is 0 Å². The van der Waals surface area contributed by atoms with Gasteiger partial charge in [0.1, 0.15) is 5.75 Å². The fraction of sp³-hybridized carbons (Fsp3) is 0.190. The molecule has 1 N–H and O–H groups in total. The van der Waals surface area contributed by atoms with Crippen LogP contribution in [0.3, 0.4) is 0 Å². The van der Waals surface area contributed by atoms with Crippen molar-refractivity contribution in [3.63, 3.8) is 0 Å². The van der Waals surface area contributed by atoms with E-state index in [1.807, 2.05) is 61.5 Å². The van der Waals surface area contributed by atoms with Gasteiger partial charge >= 0.3 is 0 Å². The van der Waals surface area contributed by atoms with Gasteiger partial charge in [0.2, 0.25) is 0 Å². The number of benzene rings is 2. The lowest BCUT2D eigenvalue weighted by molar-refractivity contribution is -0.123. The molecule has 2 aromatic carbocycles. The van der Waals surface area contributed by atoms with Crippen LogP contribution in [0.5, 0.6) is 5.75 Å². The molecule has 0 bridgehead atoms. The van der Waals surface area contributed by atoms with E-state index in [4.69, 9.17) is 4.74 Å². The van der Waals surface area contributed by atoms with Gasteiger partial charge in [-0.2, -0.15) is 5.10 Å². The van der Waals surface area contributed by atoms with E-state index in [2.05, 4.69) is 10.4 Å². The number of rotatable bonds is 7. The van der Waals surface area contributed by atoms with E-state index in [0.717, 1.165) is 11.1 Å². The van der Waals surface area contributed by atoms with Crippen molar-refractivity contribution < 1.29 is 9.53 Å². The lowest BCUT2D eigenvalue weighted by atomic mass is 10.1. The normalized spacial score (nSPS) is 10.4. The first kappa shape index (κ1) is 18.4. The summed E-state index contributed by atoms with van der Waals surface area (Å²) in [6.07, 6.45) is 0. The van der Waals surface area contributed by atoms with Crippen LogP contribution in [0.4, 0.5) is 0 Å². The minimum absolute atomic E-state index is 0.0740. The summed E-state index contributed by atoms with van der Waals surface area (Å²) in [4.78, 5) is 23.9. The van der Waals surface area contributed by atoms with Crippen molar-refractivity contribution in [1.29, 1.82) is 0 Å². The molecule has 6 heteroatoms. The first-order valence-corrected chi connectivity index (χ1v) is 8.71. The minimum atomic E-state index is -0.247. The molecule has 0 spiro atoms. The molecule has 0 aliphatic carbocycles. The third kappa shape index (κ3) is 5.28. The van der Waals surface area contributed by atoms with E-state index in [9.17, 15) is 9.59 Å². The minimum Gasteiger partial charge on any atom is -0.484 e. The number of ether oxygens (including phenoxy) is 1. The molecule has 138 valence electrons. The van der Waals surface area contributed by atoms with Gasteiger partial charge in [0, 0.05) is 18.2 Å². The highest BCUT2D eigenvalue weighted by molar-refractivity contribution is 5.77. The van der Waals surface area contributed by atoms with Crippen LogP contribution in [0.15, 0.2) is 71.5 Å². The van der Waals surface area contributed by atoms with Gasteiger partial charge in [0.25, 0.3) is 11.5 Å². The maximum atomic E-state index is 12.0. The SMILES string of the molecule is Cc1ccc(OCC(=O)NCCn2nc(-c3ccccc3)ccc2=O)cc1. The lowest BCUT2D eigenvalue weighted by Gasteiger charge is -2.09. The number of carbonyl (C=O) groups is 1. The molecular weight excluding hydrogens is 342 g/mol. The lowest BCUT2D eigenvalue weighted by Crippen LogP contribution is -2.34. The second-order valence-corrected chi connectivity index (χ2v) is 6.10. The van der Waals surface area contributed by atoms with Crippen LogP contribution in [0.25, 0.3) is 11.3 Å². The molecule has 0 radical (unpaired) electrons. The monoisotopic (exact) mass is 363 g/mol. The molecule has 0 unspecified atom stereocenters. The summed E-state index contributed by atoms with van der Waals surface area (Å²) in [5.74, 6) is 0.395. The number of aryl methyl sites for hydroxylation is 1. The first-order chi connectivity index (χ1) is 13.1. The molecule has 27 heavy (non-hydrogen) atoms. The van der Waals surface area contributed by atoms with Crippen molar-refractivity contribution in [3.8, 4) is 17.0 Å². The van der Waals surface area contributed by atoms with Gasteiger partial charge in [-0.1, -0.05) is 48.0 Å². The molecule has 6 nitrogen and oxygen atoms in total. The molecular formula is C21H21N3O3. The summed E-state index contributed by atoms with van der Waals surface area (Å²) in [6.45, 7) is 2.49. The summed E-state index contributed by atoms with van der Waals surface area (Å²) < 4.78 is 6.78. The van der Waals surface area contributed by atoms with E-state index in [-0.39, 0.29) is 24.6 Å². The molecule has 0 fully saturated rings. The average Bonchev–Trinajstić information content (AvgIpc) is 2.69. The Morgan fingerprint density at radius 2 is 1.78 bits per heavy atom. The van der Waals surface area contributed by atoms with Crippen LogP contribution in [0.1, 0.15) is 5.56 Å². The van der Waals surface area contributed by atoms with Gasteiger partial charge in [0.15, 0.2) is 6.61 Å². The third-order valence-corrected chi connectivity index (χ3v) is 3.97. The Morgan fingerprint density at radius 1 is 1.04 bits per heavy atom. The molecule has 3 rings (SSSR count). The Kier molecular flexibility index (Phi) is 5.99. The summed E-state index contributed by atoms with van der Waals surface area (Å²) in [5, 5.41) is 7.10. The zero-order chi connectivity index (χ0) is 19.1. The second-order valence-electron chi connectivity index (χ2n) is 6.10. The van der Waals surface area contributed by atoms with Crippen molar-refractivity contribution in [1.82, 2.24) is 15.1 Å². The van der Waals surface area contributed by atoms with E-state index in [1.54, 1.807) is 6.07 Å². The van der Waals surface area contributed by atoms with Crippen molar-refractivity contribution in [2.45, 2.75) is 13.5 Å². The number of carbonyl (C=O) groups excluding carboxylic acids is 1. The smallest absolute Gasteiger partial charge is 0.266 e. The van der Waals surface area contributed by atoms with Crippen molar-refractivity contribution >= 4 is 5.91 Å². The summed E-state index contributed by atoms with van der Waals surface area (Å²) in [6, 6.07) is 20.3. The Morgan fingerprint density at radius 3 is 2.52 bits per heavy atom. The van der Waals surface area contributed by atoms with Gasteiger partial charge in [-0.05, 0) is 25.1 Å². The van der Waals surface area contributed by atoms with Crippen LogP contribution in [0, 0.1) is 6.92 Å². The van der Waals surface area contributed by atoms with Crippen molar-refractivity contribution in [2.24, 2.45) is 0 Å². The summed E-state index contributed by atoms with van der Waals surface area (Å²) >= 11 is 0. The Balaban J connectivity index is 1.51. The van der Waals surface area contributed by atoms with Gasteiger partial charge in [0.05, 0.1) is 12.2 Å². The molecule has 3 aromatic rings. The number of hydrogen-bond acceptors (Lipinski definition) is 4. The average molecular weight is 363 g/mol. The fourth-order valence-corrected chi connectivity index (χ4v) is 2.51. The highest BCUT2D eigenvalue weighted by atomic mass is 16.5. The standard InChI is InChI=1S/C21H21N3O3/c1-16-7-9-18(10-8-16)27-15-20(25)22-13-14-24-21(26)12-11-19(23-24)17-5-3-2-4-6-17/h2-12H,13-15H2,1H3,(H,22,25). The Bertz CT molecular complexity index is 950. The van der Waals surface area contributed by atoms with Crippen LogP contribution >= 0.6 is 0 Å². The van der Waals surface area contributed by atoms with Crippen LogP contribution < -0.4 is 15.6 Å². The van der Waals surface area contributed by atoms with Crippen molar-refractivity contribution in [2.75, 3.05) is 13.2 Å². The Hall–Kier alpha value is -3.41. The number of aromatic nitrogens is 2. The van der Waals surface area contributed by atoms with Gasteiger partial charge in [-0.15, -0.1) is 0 Å². The zero-order valence-corrected chi connectivity index (χ0v) is 15.1. The number of amides is 1. The first-order valence-electron chi connectivity index (χ1n) is 8.71. The van der Waals surface area contributed by atoms with E-state index in [0.29, 0.717) is 18.0 Å². The van der Waals surface area contributed by atoms with Gasteiger partial charge in [-0.25, -0.2) is 4.68 Å². The Labute approximate surface area is 157 Å². The second kappa shape index (κ2) is 8.80. The van der Waals surface area contributed by atoms with Crippen LogP contribution in [-0.2, 0) is 11.3 Å². The zero-order valence-electron chi connectivity index (χ0n) is 15.1. The van der Waals surface area contributed by atoms with Gasteiger partial charge in [-0.3, -0.25) is 9.59 Å². The maximum absolute atomic E-state index is 12.0. The molecule has 0 atom stereocenters. The van der Waals surface area contributed by atoms with E-state index in [1.165, 1.54) is 10.7 Å². The number of nitrogens with one attached hydrogen (secondary N) is 1. The third-order valence-electron chi connectivity index (χ3n) is 3.97. The van der Waals surface area contributed by atoms with Gasteiger partial charge < -0.3 is 10.1 Å². The molecule has 0 aliphatic heterocycles. The largest absolute Gasteiger partial charge is 0.484 e. The van der Waals surface area contributed by atoms with Crippen LogP contribution in [-0.4, -0.2) is 28.8 Å². The number of nitrogens with zero attached hydrogens (tertiary/aromatic N) is 2. The molecule has 1 aromatic heterocycles. The topological polar surface area (TPSA) is 73.2 Å². The maximum Gasteiger partial charge on any atom is 0.266 e. The quantitative estimate of drug-likeness (QED) is 0.700.